The van der Waals surface area contributed by atoms with Gasteiger partial charge < -0.3 is 10.6 Å². The van der Waals surface area contributed by atoms with Crippen LogP contribution in [0.3, 0.4) is 0 Å². The molecule has 0 amide bonds. The van der Waals surface area contributed by atoms with Crippen LogP contribution in [-0.4, -0.2) is 34.2 Å². The number of hydrogen-bond donors (Lipinski definition) is 2. The minimum atomic E-state index is -3.21. The molecule has 0 spiro atoms. The number of nitrogens with zero attached hydrogens (tertiary/aromatic N) is 1. The van der Waals surface area contributed by atoms with Crippen molar-refractivity contribution < 1.29 is 12.8 Å². The largest absolute Gasteiger partial charge is 0.356 e. The molecule has 2 aromatic rings. The van der Waals surface area contributed by atoms with Crippen molar-refractivity contribution >= 4 is 15.8 Å². The van der Waals surface area contributed by atoms with Crippen molar-refractivity contribution in [2.24, 2.45) is 4.99 Å². The van der Waals surface area contributed by atoms with E-state index in [0.717, 1.165) is 36.1 Å². The van der Waals surface area contributed by atoms with Gasteiger partial charge in [-0.1, -0.05) is 24.3 Å². The number of sulfone groups is 1. The van der Waals surface area contributed by atoms with Crippen molar-refractivity contribution in [2.45, 2.75) is 36.6 Å². The molecule has 150 valence electrons. The zero-order valence-electron chi connectivity index (χ0n) is 16.4. The van der Waals surface area contributed by atoms with Gasteiger partial charge >= 0.3 is 0 Å². The Kier molecular flexibility index (Phi) is 5.74. The highest BCUT2D eigenvalue weighted by Crippen LogP contribution is 2.47. The van der Waals surface area contributed by atoms with E-state index in [0.29, 0.717) is 17.4 Å². The summed E-state index contributed by atoms with van der Waals surface area (Å²) in [5, 5.41) is 6.62. The van der Waals surface area contributed by atoms with Gasteiger partial charge in [0.05, 0.1) is 4.90 Å². The minimum absolute atomic E-state index is 0.0407. The van der Waals surface area contributed by atoms with Crippen molar-refractivity contribution in [2.75, 3.05) is 19.8 Å². The molecule has 0 heterocycles. The fraction of sp³-hybridized carbons (Fsp3) is 0.381. The summed E-state index contributed by atoms with van der Waals surface area (Å²) in [5.41, 5.74) is 2.90. The van der Waals surface area contributed by atoms with Crippen LogP contribution in [0.5, 0.6) is 0 Å². The summed E-state index contributed by atoms with van der Waals surface area (Å²) in [7, 11) is -1.50. The smallest absolute Gasteiger partial charge is 0.191 e. The molecule has 0 unspecified atom stereocenters. The molecule has 1 fully saturated rings. The van der Waals surface area contributed by atoms with E-state index in [-0.39, 0.29) is 11.2 Å². The van der Waals surface area contributed by atoms with E-state index in [1.54, 1.807) is 20.0 Å². The molecule has 2 N–H and O–H groups in total. The third-order valence-electron chi connectivity index (χ3n) is 5.23. The first kappa shape index (κ1) is 20.3. The molecule has 5 nitrogen and oxygen atoms in total. The molecular weight excluding hydrogens is 377 g/mol. The van der Waals surface area contributed by atoms with Gasteiger partial charge in [-0.2, -0.15) is 0 Å². The second-order valence-corrected chi connectivity index (χ2v) is 9.42. The highest BCUT2D eigenvalue weighted by Gasteiger charge is 2.44. The van der Waals surface area contributed by atoms with Crippen LogP contribution in [0.15, 0.2) is 52.4 Å². The standard InChI is InChI=1S/C21H26FN3O2S/c1-15-12-16(4-9-19(15)28(3,26)27)13-24-20(23-2)25-14-21(10-11-21)17-5-7-18(22)8-6-17/h4-9,12H,10-11,13-14H2,1-3H3,(H2,23,24,25). The lowest BCUT2D eigenvalue weighted by Gasteiger charge is -2.19. The van der Waals surface area contributed by atoms with E-state index < -0.39 is 9.84 Å². The van der Waals surface area contributed by atoms with E-state index in [9.17, 15) is 12.8 Å². The van der Waals surface area contributed by atoms with E-state index >= 15 is 0 Å². The van der Waals surface area contributed by atoms with Gasteiger partial charge in [-0.3, -0.25) is 4.99 Å². The molecule has 0 bridgehead atoms. The van der Waals surface area contributed by atoms with Gasteiger partial charge in [0.25, 0.3) is 0 Å². The molecule has 3 rings (SSSR count). The monoisotopic (exact) mass is 403 g/mol. The van der Waals surface area contributed by atoms with Crippen LogP contribution in [0.1, 0.15) is 29.5 Å². The van der Waals surface area contributed by atoms with Gasteiger partial charge in [0.2, 0.25) is 0 Å². The van der Waals surface area contributed by atoms with Gasteiger partial charge in [-0.05, 0) is 54.7 Å². The van der Waals surface area contributed by atoms with Crippen LogP contribution < -0.4 is 10.6 Å². The predicted molar refractivity (Wildman–Crippen MR) is 110 cm³/mol. The average Bonchev–Trinajstić information content (AvgIpc) is 3.42. The Bertz CT molecular complexity index is 981. The number of rotatable bonds is 6. The minimum Gasteiger partial charge on any atom is -0.356 e. The second-order valence-electron chi connectivity index (χ2n) is 7.44. The summed E-state index contributed by atoms with van der Waals surface area (Å²) >= 11 is 0. The first-order valence-corrected chi connectivity index (χ1v) is 11.1. The fourth-order valence-corrected chi connectivity index (χ4v) is 4.38. The summed E-state index contributed by atoms with van der Waals surface area (Å²) in [6.45, 7) is 3.06. The molecule has 0 aliphatic heterocycles. The van der Waals surface area contributed by atoms with Gasteiger partial charge in [0.1, 0.15) is 5.82 Å². The third-order valence-corrected chi connectivity index (χ3v) is 6.48. The van der Waals surface area contributed by atoms with E-state index in [1.807, 2.05) is 24.3 Å². The molecule has 1 aliphatic rings. The molecular formula is C21H26FN3O2S. The van der Waals surface area contributed by atoms with Gasteiger partial charge in [0.15, 0.2) is 15.8 Å². The molecule has 0 saturated heterocycles. The first-order valence-electron chi connectivity index (χ1n) is 9.24. The zero-order valence-corrected chi connectivity index (χ0v) is 17.2. The number of aryl methyl sites for hydroxylation is 1. The number of aliphatic imine (C=N–C) groups is 1. The Morgan fingerprint density at radius 2 is 1.82 bits per heavy atom. The SMILES string of the molecule is CN=C(NCc1ccc(S(C)(=O)=O)c(C)c1)NCC1(c2ccc(F)cc2)CC1. The fourth-order valence-electron chi connectivity index (χ4n) is 3.42. The summed E-state index contributed by atoms with van der Waals surface area (Å²) < 4.78 is 36.6. The predicted octanol–water partition coefficient (Wildman–Crippen LogP) is 2.93. The Morgan fingerprint density at radius 3 is 2.36 bits per heavy atom. The number of benzene rings is 2. The number of nitrogens with one attached hydrogen (secondary N) is 2. The summed E-state index contributed by atoms with van der Waals surface area (Å²) in [6.07, 6.45) is 3.34. The normalized spacial score (nSPS) is 15.9. The molecule has 0 atom stereocenters. The molecule has 28 heavy (non-hydrogen) atoms. The van der Waals surface area contributed by atoms with Crippen LogP contribution in [0.25, 0.3) is 0 Å². The molecule has 1 saturated carbocycles. The lowest BCUT2D eigenvalue weighted by atomic mass is 9.96. The highest BCUT2D eigenvalue weighted by molar-refractivity contribution is 7.90. The summed E-state index contributed by atoms with van der Waals surface area (Å²) in [5.74, 6) is 0.459. The summed E-state index contributed by atoms with van der Waals surface area (Å²) in [4.78, 5) is 4.61. The highest BCUT2D eigenvalue weighted by atomic mass is 32.2. The van der Waals surface area contributed by atoms with Crippen molar-refractivity contribution in [1.82, 2.24) is 10.6 Å². The number of guanidine groups is 1. The lowest BCUT2D eigenvalue weighted by molar-refractivity contribution is 0.601. The molecule has 7 heteroatoms. The third kappa shape index (κ3) is 4.70. The maximum absolute atomic E-state index is 13.2. The van der Waals surface area contributed by atoms with Gasteiger partial charge in [-0.15, -0.1) is 0 Å². The topological polar surface area (TPSA) is 70.6 Å². The molecule has 0 radical (unpaired) electrons. The van der Waals surface area contributed by atoms with Gasteiger partial charge in [0, 0.05) is 31.8 Å². The van der Waals surface area contributed by atoms with Crippen molar-refractivity contribution in [1.29, 1.82) is 0 Å². The van der Waals surface area contributed by atoms with Crippen molar-refractivity contribution in [3.8, 4) is 0 Å². The Balaban J connectivity index is 1.58. The van der Waals surface area contributed by atoms with Crippen molar-refractivity contribution in [3.63, 3.8) is 0 Å². The molecule has 0 aromatic heterocycles. The van der Waals surface area contributed by atoms with Crippen LogP contribution >= 0.6 is 0 Å². The Hall–Kier alpha value is -2.41. The second kappa shape index (κ2) is 7.91. The Labute approximate surface area is 166 Å². The Morgan fingerprint density at radius 1 is 1.14 bits per heavy atom. The van der Waals surface area contributed by atoms with Crippen LogP contribution in [0.4, 0.5) is 4.39 Å². The van der Waals surface area contributed by atoms with Crippen molar-refractivity contribution in [3.05, 3.63) is 65.0 Å². The van der Waals surface area contributed by atoms with Crippen LogP contribution in [-0.2, 0) is 21.8 Å². The van der Waals surface area contributed by atoms with Crippen LogP contribution in [0.2, 0.25) is 0 Å². The zero-order chi connectivity index (χ0) is 20.4. The number of halogens is 1. The number of hydrogen-bond acceptors (Lipinski definition) is 3. The quantitative estimate of drug-likeness (QED) is 0.575. The van der Waals surface area contributed by atoms with Crippen LogP contribution in [0, 0.1) is 12.7 Å². The molecule has 2 aromatic carbocycles. The van der Waals surface area contributed by atoms with E-state index in [2.05, 4.69) is 15.6 Å². The lowest BCUT2D eigenvalue weighted by Crippen LogP contribution is -2.40. The maximum Gasteiger partial charge on any atom is 0.191 e. The summed E-state index contributed by atoms with van der Waals surface area (Å²) in [6, 6.07) is 12.0. The molecule has 1 aliphatic carbocycles. The maximum atomic E-state index is 13.2. The van der Waals surface area contributed by atoms with Gasteiger partial charge in [-0.25, -0.2) is 12.8 Å². The van der Waals surface area contributed by atoms with E-state index in [1.165, 1.54) is 18.4 Å². The average molecular weight is 404 g/mol. The first-order chi connectivity index (χ1) is 13.2. The van der Waals surface area contributed by atoms with E-state index in [4.69, 9.17) is 0 Å².